The van der Waals surface area contributed by atoms with E-state index in [1.54, 1.807) is 0 Å². The standard InChI is InChI=1S/C13H22N2.C6HCl5O/c1-3-7-12(8-4-1)14-11-15-13-9-5-2-6-10-13;7-1-2(8)4(10)6(12)5(11)3(1)9/h12-13H,1-10H2;12H. The summed E-state index contributed by atoms with van der Waals surface area (Å²) >= 11 is 27.9. The molecule has 0 radical (unpaired) electrons. The van der Waals surface area contributed by atoms with Crippen LogP contribution in [-0.2, 0) is 0 Å². The summed E-state index contributed by atoms with van der Waals surface area (Å²) in [5.41, 5.74) is 0. The number of halogens is 5. The Kier molecular flexibility index (Phi) is 10.1. The van der Waals surface area contributed by atoms with Crippen LogP contribution in [0.1, 0.15) is 64.2 Å². The third-order valence-electron chi connectivity index (χ3n) is 4.82. The van der Waals surface area contributed by atoms with Crippen LogP contribution < -0.4 is 0 Å². The van der Waals surface area contributed by atoms with Gasteiger partial charge in [-0.2, -0.15) is 0 Å². The van der Waals surface area contributed by atoms with Crippen molar-refractivity contribution in [3.8, 4) is 5.75 Å². The van der Waals surface area contributed by atoms with E-state index in [4.69, 9.17) is 58.0 Å². The predicted octanol–water partition coefficient (Wildman–Crippen LogP) is 8.48. The molecular formula is C19H23Cl5N2O. The van der Waals surface area contributed by atoms with Gasteiger partial charge in [-0.05, 0) is 25.7 Å². The van der Waals surface area contributed by atoms with Crippen molar-refractivity contribution in [2.45, 2.75) is 76.3 Å². The summed E-state index contributed by atoms with van der Waals surface area (Å²) in [6.45, 7) is 0. The lowest BCUT2D eigenvalue weighted by molar-refractivity contribution is 0.438. The second-order valence-electron chi connectivity index (χ2n) is 6.86. The maximum atomic E-state index is 9.20. The molecule has 1 aromatic rings. The molecule has 8 heteroatoms. The number of phenolic OH excluding ortho intramolecular Hbond substituents is 1. The van der Waals surface area contributed by atoms with Crippen molar-refractivity contribution >= 4 is 64.0 Å². The van der Waals surface area contributed by atoms with Gasteiger partial charge in [-0.1, -0.05) is 96.5 Å². The number of benzene rings is 1. The van der Waals surface area contributed by atoms with Gasteiger partial charge in [-0.25, -0.2) is 9.98 Å². The average Bonchev–Trinajstić information content (AvgIpc) is 2.71. The Morgan fingerprint density at radius 3 is 1.30 bits per heavy atom. The first-order valence-electron chi connectivity index (χ1n) is 9.27. The molecule has 1 aromatic carbocycles. The Balaban J connectivity index is 0.000000199. The number of phenols is 1. The molecule has 150 valence electrons. The molecule has 1 N–H and O–H groups in total. The van der Waals surface area contributed by atoms with Crippen molar-refractivity contribution in [3.63, 3.8) is 0 Å². The summed E-state index contributed by atoms with van der Waals surface area (Å²) in [6.07, 6.45) is 13.2. The highest BCUT2D eigenvalue weighted by Gasteiger charge is 2.18. The van der Waals surface area contributed by atoms with E-state index in [0.717, 1.165) is 0 Å². The summed E-state index contributed by atoms with van der Waals surface area (Å²) in [4.78, 5) is 8.92. The number of nitrogens with zero attached hydrogens (tertiary/aromatic N) is 2. The molecule has 0 unspecified atom stereocenters. The van der Waals surface area contributed by atoms with E-state index < -0.39 is 0 Å². The molecular weight excluding hydrogens is 449 g/mol. The third kappa shape index (κ3) is 6.99. The van der Waals surface area contributed by atoms with Crippen LogP contribution in [0.25, 0.3) is 0 Å². The van der Waals surface area contributed by atoms with Gasteiger partial charge in [-0.15, -0.1) is 0 Å². The van der Waals surface area contributed by atoms with E-state index in [9.17, 15) is 5.11 Å². The molecule has 0 aromatic heterocycles. The summed E-state index contributed by atoms with van der Waals surface area (Å²) in [7, 11) is 0. The topological polar surface area (TPSA) is 45.0 Å². The fourth-order valence-corrected chi connectivity index (χ4v) is 4.34. The molecule has 2 aliphatic rings. The molecule has 2 saturated carbocycles. The molecule has 27 heavy (non-hydrogen) atoms. The number of hydrogen-bond acceptors (Lipinski definition) is 3. The molecule has 0 amide bonds. The Morgan fingerprint density at radius 2 is 0.926 bits per heavy atom. The Labute approximate surface area is 185 Å². The maximum absolute atomic E-state index is 9.20. The highest BCUT2D eigenvalue weighted by Crippen LogP contribution is 2.47. The van der Waals surface area contributed by atoms with Crippen LogP contribution in [0.5, 0.6) is 5.75 Å². The smallest absolute Gasteiger partial charge is 0.155 e. The highest BCUT2D eigenvalue weighted by atomic mass is 35.5. The van der Waals surface area contributed by atoms with Crippen molar-refractivity contribution in [2.75, 3.05) is 0 Å². The number of aliphatic imine (C=N–C) groups is 2. The molecule has 2 fully saturated rings. The fraction of sp³-hybridized carbons (Fsp3) is 0.632. The lowest BCUT2D eigenvalue weighted by atomic mass is 9.96. The Morgan fingerprint density at radius 1 is 0.593 bits per heavy atom. The molecule has 3 rings (SSSR count). The quantitative estimate of drug-likeness (QED) is 0.262. The molecule has 2 aliphatic carbocycles. The molecule has 0 aliphatic heterocycles. The maximum Gasteiger partial charge on any atom is 0.155 e. The van der Waals surface area contributed by atoms with Crippen LogP contribution in [0, 0.1) is 0 Å². The minimum atomic E-state index is -0.363. The molecule has 0 atom stereocenters. The second kappa shape index (κ2) is 11.8. The molecule has 0 spiro atoms. The number of aromatic hydroxyl groups is 1. The summed E-state index contributed by atoms with van der Waals surface area (Å²) < 4.78 is 0. The van der Waals surface area contributed by atoms with E-state index in [2.05, 4.69) is 16.0 Å². The fourth-order valence-electron chi connectivity index (χ4n) is 3.21. The van der Waals surface area contributed by atoms with Crippen molar-refractivity contribution < 1.29 is 5.11 Å². The Hall–Kier alpha value is -0.150. The first-order valence-corrected chi connectivity index (χ1v) is 11.2. The first kappa shape index (κ1) is 23.1. The zero-order chi connectivity index (χ0) is 19.8. The van der Waals surface area contributed by atoms with Gasteiger partial charge < -0.3 is 5.11 Å². The summed E-state index contributed by atoms with van der Waals surface area (Å²) in [6, 6.07) is 4.04. The summed E-state index contributed by atoms with van der Waals surface area (Å²) in [5, 5.41) is 9.01. The molecule has 0 saturated heterocycles. The van der Waals surface area contributed by atoms with Crippen LogP contribution in [0.3, 0.4) is 0 Å². The number of hydrogen-bond donors (Lipinski definition) is 1. The van der Waals surface area contributed by atoms with E-state index in [-0.39, 0.29) is 30.9 Å². The second-order valence-corrected chi connectivity index (χ2v) is 8.75. The van der Waals surface area contributed by atoms with E-state index in [0.29, 0.717) is 12.1 Å². The molecule has 3 nitrogen and oxygen atoms in total. The molecule has 0 bridgehead atoms. The average molecular weight is 473 g/mol. The predicted molar refractivity (Wildman–Crippen MR) is 117 cm³/mol. The van der Waals surface area contributed by atoms with Gasteiger partial charge in [0.15, 0.2) is 5.75 Å². The van der Waals surface area contributed by atoms with Crippen LogP contribution >= 0.6 is 58.0 Å². The SMILES string of the molecule is C(=NC1CCCCC1)=NC1CCCCC1.Oc1c(Cl)c(Cl)c(Cl)c(Cl)c1Cl. The van der Waals surface area contributed by atoms with Crippen molar-refractivity contribution in [3.05, 3.63) is 25.1 Å². The van der Waals surface area contributed by atoms with Gasteiger partial charge in [0, 0.05) is 0 Å². The third-order valence-corrected chi connectivity index (χ3v) is 7.07. The lowest BCUT2D eigenvalue weighted by Gasteiger charge is -2.17. The van der Waals surface area contributed by atoms with Crippen molar-refractivity contribution in [1.29, 1.82) is 0 Å². The van der Waals surface area contributed by atoms with Gasteiger partial charge in [0.1, 0.15) is 10.0 Å². The highest BCUT2D eigenvalue weighted by molar-refractivity contribution is 6.55. The van der Waals surface area contributed by atoms with E-state index >= 15 is 0 Å². The van der Waals surface area contributed by atoms with Crippen LogP contribution in [0.2, 0.25) is 25.1 Å². The number of rotatable bonds is 2. The lowest BCUT2D eigenvalue weighted by Crippen LogP contribution is -2.10. The van der Waals surface area contributed by atoms with Crippen LogP contribution in [0.4, 0.5) is 0 Å². The van der Waals surface area contributed by atoms with Crippen molar-refractivity contribution in [2.24, 2.45) is 9.98 Å². The van der Waals surface area contributed by atoms with E-state index in [1.807, 2.05) is 0 Å². The van der Waals surface area contributed by atoms with E-state index in [1.165, 1.54) is 64.2 Å². The minimum absolute atomic E-state index is 0.00904. The largest absolute Gasteiger partial charge is 0.505 e. The van der Waals surface area contributed by atoms with Gasteiger partial charge in [0.2, 0.25) is 0 Å². The zero-order valence-electron chi connectivity index (χ0n) is 15.0. The Bertz CT molecular complexity index is 565. The van der Waals surface area contributed by atoms with Crippen molar-refractivity contribution in [1.82, 2.24) is 0 Å². The van der Waals surface area contributed by atoms with Gasteiger partial charge in [0.05, 0.1) is 33.2 Å². The van der Waals surface area contributed by atoms with Gasteiger partial charge in [-0.3, -0.25) is 0 Å². The van der Waals surface area contributed by atoms with Gasteiger partial charge >= 0.3 is 0 Å². The normalized spacial score (nSPS) is 18.3. The first-order chi connectivity index (χ1) is 12.9. The zero-order valence-corrected chi connectivity index (χ0v) is 18.7. The summed E-state index contributed by atoms with van der Waals surface area (Å²) in [5.74, 6) is -0.363. The van der Waals surface area contributed by atoms with Crippen LogP contribution in [-0.4, -0.2) is 23.2 Å². The van der Waals surface area contributed by atoms with Gasteiger partial charge in [0.25, 0.3) is 0 Å². The molecule has 0 heterocycles. The minimum Gasteiger partial charge on any atom is -0.505 e. The van der Waals surface area contributed by atoms with Crippen LogP contribution in [0.15, 0.2) is 9.98 Å². The monoisotopic (exact) mass is 470 g/mol.